The molecule has 0 amide bonds. The highest BCUT2D eigenvalue weighted by molar-refractivity contribution is 9.10. The van der Waals surface area contributed by atoms with Crippen LogP contribution in [0.1, 0.15) is 30.5 Å². The second kappa shape index (κ2) is 8.92. The van der Waals surface area contributed by atoms with Crippen molar-refractivity contribution in [2.75, 3.05) is 13.2 Å². The summed E-state index contributed by atoms with van der Waals surface area (Å²) in [5.41, 5.74) is 2.49. The Hall–Kier alpha value is -2.76. The van der Waals surface area contributed by atoms with Crippen molar-refractivity contribution < 1.29 is 9.47 Å². The van der Waals surface area contributed by atoms with Gasteiger partial charge in [-0.05, 0) is 71.2 Å². The predicted molar refractivity (Wildman–Crippen MR) is 101 cm³/mol. The Morgan fingerprint density at radius 3 is 2.52 bits per heavy atom. The van der Waals surface area contributed by atoms with E-state index >= 15 is 0 Å². The fourth-order valence-corrected chi connectivity index (χ4v) is 2.90. The number of ether oxygens (including phenoxy) is 2. The van der Waals surface area contributed by atoms with Crippen LogP contribution in [-0.4, -0.2) is 13.2 Å². The van der Waals surface area contributed by atoms with Crippen molar-refractivity contribution in [3.63, 3.8) is 0 Å². The predicted octanol–water partition coefficient (Wildman–Crippen LogP) is 5.18. The Labute approximate surface area is 156 Å². The lowest BCUT2D eigenvalue weighted by atomic mass is 10.0. The van der Waals surface area contributed by atoms with Crippen molar-refractivity contribution in [3.8, 4) is 23.6 Å². The summed E-state index contributed by atoms with van der Waals surface area (Å²) in [5, 5.41) is 18.5. The molecule has 0 spiro atoms. The van der Waals surface area contributed by atoms with Gasteiger partial charge in [0, 0.05) is 0 Å². The quantitative estimate of drug-likeness (QED) is 0.498. The molecule has 126 valence electrons. The van der Waals surface area contributed by atoms with Crippen molar-refractivity contribution in [2.45, 2.75) is 13.8 Å². The summed E-state index contributed by atoms with van der Waals surface area (Å²) in [6, 6.07) is 15.0. The van der Waals surface area contributed by atoms with Crippen LogP contribution in [0.15, 0.2) is 40.9 Å². The summed E-state index contributed by atoms with van der Waals surface area (Å²) in [5.74, 6) is 1.26. The first-order valence-corrected chi connectivity index (χ1v) is 8.63. The molecule has 0 N–H and O–H groups in total. The van der Waals surface area contributed by atoms with Gasteiger partial charge in [0.2, 0.25) is 0 Å². The highest BCUT2D eigenvalue weighted by Crippen LogP contribution is 2.38. The van der Waals surface area contributed by atoms with Crippen molar-refractivity contribution in [1.29, 1.82) is 10.5 Å². The van der Waals surface area contributed by atoms with Gasteiger partial charge in [-0.15, -0.1) is 0 Å². The third-order valence-corrected chi connectivity index (χ3v) is 3.94. The van der Waals surface area contributed by atoms with Crippen LogP contribution in [0, 0.1) is 22.7 Å². The maximum Gasteiger partial charge on any atom is 0.175 e. The monoisotopic (exact) mass is 396 g/mol. The van der Waals surface area contributed by atoms with E-state index < -0.39 is 0 Å². The average molecular weight is 397 g/mol. The standard InChI is InChI=1S/C20H17BrN2O2/c1-3-24-19-11-15(10-18(21)20(19)25-4-2)9-17(13-23)16-7-5-6-14(8-16)12-22/h5-11H,3-4H2,1-2H3/b17-9-. The molecular formula is C20H17BrN2O2. The van der Waals surface area contributed by atoms with E-state index in [0.717, 1.165) is 10.0 Å². The van der Waals surface area contributed by atoms with Crippen molar-refractivity contribution >= 4 is 27.6 Å². The van der Waals surface area contributed by atoms with Crippen LogP contribution < -0.4 is 9.47 Å². The molecule has 0 atom stereocenters. The number of rotatable bonds is 6. The van der Waals surface area contributed by atoms with Crippen molar-refractivity contribution in [2.24, 2.45) is 0 Å². The van der Waals surface area contributed by atoms with E-state index in [9.17, 15) is 5.26 Å². The zero-order valence-corrected chi connectivity index (χ0v) is 15.6. The van der Waals surface area contributed by atoms with Gasteiger partial charge >= 0.3 is 0 Å². The van der Waals surface area contributed by atoms with E-state index in [-0.39, 0.29) is 0 Å². The SMILES string of the molecule is CCOc1cc(/C=C(/C#N)c2cccc(C#N)c2)cc(Br)c1OCC. The lowest BCUT2D eigenvalue weighted by molar-refractivity contribution is 0.286. The Bertz CT molecular complexity index is 876. The minimum Gasteiger partial charge on any atom is -0.490 e. The van der Waals surface area contributed by atoms with Crippen LogP contribution in [0.3, 0.4) is 0 Å². The number of benzene rings is 2. The van der Waals surface area contributed by atoms with Crippen LogP contribution in [0.25, 0.3) is 11.6 Å². The first kappa shape index (κ1) is 18.6. The van der Waals surface area contributed by atoms with E-state index in [1.165, 1.54) is 0 Å². The lowest BCUT2D eigenvalue weighted by Crippen LogP contribution is -1.99. The summed E-state index contributed by atoms with van der Waals surface area (Å²) in [6.45, 7) is 4.85. The maximum absolute atomic E-state index is 9.52. The molecule has 0 aliphatic rings. The molecule has 0 aliphatic carbocycles. The highest BCUT2D eigenvalue weighted by atomic mass is 79.9. The maximum atomic E-state index is 9.52. The van der Waals surface area contributed by atoms with Gasteiger partial charge in [-0.25, -0.2) is 0 Å². The van der Waals surface area contributed by atoms with Gasteiger partial charge in [-0.1, -0.05) is 12.1 Å². The summed E-state index contributed by atoms with van der Waals surface area (Å²) in [7, 11) is 0. The molecule has 5 heteroatoms. The molecule has 0 bridgehead atoms. The molecule has 2 aromatic carbocycles. The van der Waals surface area contributed by atoms with Gasteiger partial charge in [0.25, 0.3) is 0 Å². The van der Waals surface area contributed by atoms with E-state index in [0.29, 0.717) is 41.4 Å². The fraction of sp³-hybridized carbons (Fsp3) is 0.200. The smallest absolute Gasteiger partial charge is 0.175 e. The molecule has 2 aromatic rings. The number of hydrogen-bond donors (Lipinski definition) is 0. The molecule has 0 heterocycles. The highest BCUT2D eigenvalue weighted by Gasteiger charge is 2.12. The largest absolute Gasteiger partial charge is 0.490 e. The van der Waals surface area contributed by atoms with Gasteiger partial charge in [0.05, 0.1) is 41.0 Å². The number of nitrogens with zero attached hydrogens (tertiary/aromatic N) is 2. The molecule has 0 radical (unpaired) electrons. The Kier molecular flexibility index (Phi) is 6.62. The summed E-state index contributed by atoms with van der Waals surface area (Å²) >= 11 is 3.50. The van der Waals surface area contributed by atoms with Crippen LogP contribution in [0.2, 0.25) is 0 Å². The average Bonchev–Trinajstić information content (AvgIpc) is 2.62. The molecule has 4 nitrogen and oxygen atoms in total. The van der Waals surface area contributed by atoms with E-state index in [1.807, 2.05) is 32.0 Å². The first-order valence-electron chi connectivity index (χ1n) is 7.84. The molecule has 0 unspecified atom stereocenters. The summed E-state index contributed by atoms with van der Waals surface area (Å²) < 4.78 is 12.0. The molecule has 0 aliphatic heterocycles. The van der Waals surface area contributed by atoms with Gasteiger partial charge in [-0.2, -0.15) is 10.5 Å². The molecule has 0 aromatic heterocycles. The Balaban J connectivity index is 2.50. The number of hydrogen-bond acceptors (Lipinski definition) is 4. The Morgan fingerprint density at radius 1 is 1.12 bits per heavy atom. The first-order chi connectivity index (χ1) is 12.1. The third kappa shape index (κ3) is 4.62. The zero-order valence-electron chi connectivity index (χ0n) is 14.0. The fourth-order valence-electron chi connectivity index (χ4n) is 2.32. The van der Waals surface area contributed by atoms with E-state index in [2.05, 4.69) is 28.1 Å². The molecule has 25 heavy (non-hydrogen) atoms. The van der Waals surface area contributed by atoms with Crippen LogP contribution >= 0.6 is 15.9 Å². The number of halogens is 1. The lowest BCUT2D eigenvalue weighted by Gasteiger charge is -2.13. The third-order valence-electron chi connectivity index (χ3n) is 3.35. The van der Waals surface area contributed by atoms with Gasteiger partial charge in [0.15, 0.2) is 11.5 Å². The summed E-state index contributed by atoms with van der Waals surface area (Å²) in [6.07, 6.45) is 1.76. The molecular weight excluding hydrogens is 380 g/mol. The zero-order chi connectivity index (χ0) is 18.2. The number of allylic oxidation sites excluding steroid dienone is 1. The van der Waals surface area contributed by atoms with Crippen LogP contribution in [0.4, 0.5) is 0 Å². The van der Waals surface area contributed by atoms with Crippen LogP contribution in [0.5, 0.6) is 11.5 Å². The normalized spacial score (nSPS) is 10.7. The van der Waals surface area contributed by atoms with Gasteiger partial charge < -0.3 is 9.47 Å². The molecule has 2 rings (SSSR count). The van der Waals surface area contributed by atoms with Crippen molar-refractivity contribution in [3.05, 3.63) is 57.6 Å². The van der Waals surface area contributed by atoms with E-state index in [1.54, 1.807) is 24.3 Å². The van der Waals surface area contributed by atoms with Crippen LogP contribution in [-0.2, 0) is 0 Å². The number of nitriles is 2. The van der Waals surface area contributed by atoms with Gasteiger partial charge in [-0.3, -0.25) is 0 Å². The summed E-state index contributed by atoms with van der Waals surface area (Å²) in [4.78, 5) is 0. The topological polar surface area (TPSA) is 66.0 Å². The van der Waals surface area contributed by atoms with Crippen molar-refractivity contribution in [1.82, 2.24) is 0 Å². The minimum atomic E-state index is 0.468. The second-order valence-electron chi connectivity index (χ2n) is 5.06. The molecule has 0 saturated carbocycles. The second-order valence-corrected chi connectivity index (χ2v) is 5.91. The van der Waals surface area contributed by atoms with Gasteiger partial charge in [0.1, 0.15) is 0 Å². The Morgan fingerprint density at radius 2 is 1.88 bits per heavy atom. The van der Waals surface area contributed by atoms with E-state index in [4.69, 9.17) is 14.7 Å². The minimum absolute atomic E-state index is 0.468. The molecule has 0 saturated heterocycles. The molecule has 0 fully saturated rings.